The number of esters is 2. The van der Waals surface area contributed by atoms with E-state index in [4.69, 9.17) is 9.47 Å². The third kappa shape index (κ3) is 6.38. The number of rotatable bonds is 6. The number of hydrogen-bond donors (Lipinski definition) is 0. The molecule has 0 radical (unpaired) electrons. The van der Waals surface area contributed by atoms with E-state index < -0.39 is 60.0 Å². The average Bonchev–Trinajstić information content (AvgIpc) is 3.43. The molecule has 3 fully saturated rings. The number of alkyl halides is 6. The van der Waals surface area contributed by atoms with Crippen LogP contribution in [0.15, 0.2) is 60.3 Å². The molecule has 4 rings (SSSR count). The van der Waals surface area contributed by atoms with Gasteiger partial charge >= 0.3 is 24.3 Å². The third-order valence-electron chi connectivity index (χ3n) is 7.99. The molecule has 0 spiro atoms. The highest BCUT2D eigenvalue weighted by molar-refractivity contribution is 5.82. The van der Waals surface area contributed by atoms with Crippen LogP contribution in [0.1, 0.15) is 38.5 Å². The molecule has 7 atom stereocenters. The zero-order valence-electron chi connectivity index (χ0n) is 19.9. The van der Waals surface area contributed by atoms with Gasteiger partial charge in [0, 0.05) is 17.2 Å². The van der Waals surface area contributed by atoms with Gasteiger partial charge in [-0.15, -0.1) is 0 Å². The van der Waals surface area contributed by atoms with E-state index in [0.717, 1.165) is 49.6 Å². The van der Waals surface area contributed by atoms with Crippen molar-refractivity contribution in [1.29, 1.82) is 0 Å². The fourth-order valence-corrected chi connectivity index (χ4v) is 6.23. The summed E-state index contributed by atoms with van der Waals surface area (Å²) < 4.78 is 88.1. The van der Waals surface area contributed by atoms with Gasteiger partial charge in [0.25, 0.3) is 0 Å². The molecule has 4 aliphatic carbocycles. The third-order valence-corrected chi connectivity index (χ3v) is 7.99. The summed E-state index contributed by atoms with van der Waals surface area (Å²) in [4.78, 5) is 25.3. The first-order valence-electron chi connectivity index (χ1n) is 12.3. The molecule has 10 heteroatoms. The van der Waals surface area contributed by atoms with Gasteiger partial charge in [0.1, 0.15) is 12.2 Å². The van der Waals surface area contributed by atoms with Crippen molar-refractivity contribution >= 4 is 11.9 Å². The number of halogens is 6. The smallest absolute Gasteiger partial charge is 0.415 e. The second-order valence-corrected chi connectivity index (χ2v) is 10.2. The second-order valence-electron chi connectivity index (χ2n) is 10.2. The topological polar surface area (TPSA) is 52.6 Å². The number of carbonyl (C=O) groups is 2. The van der Waals surface area contributed by atoms with E-state index in [9.17, 15) is 35.9 Å². The molecule has 0 heterocycles. The Balaban J connectivity index is 1.42. The number of fused-ring (bicyclic) bond motifs is 5. The van der Waals surface area contributed by atoms with Crippen molar-refractivity contribution in [2.75, 3.05) is 0 Å². The van der Waals surface area contributed by atoms with Crippen molar-refractivity contribution in [2.24, 2.45) is 29.6 Å². The number of carbonyl (C=O) groups excluding carboxylic acids is 2. The van der Waals surface area contributed by atoms with Crippen LogP contribution in [-0.4, -0.2) is 36.5 Å². The Morgan fingerprint density at radius 2 is 1.49 bits per heavy atom. The lowest BCUT2D eigenvalue weighted by Crippen LogP contribution is -2.46. The van der Waals surface area contributed by atoms with Crippen LogP contribution in [0.3, 0.4) is 0 Å². The quantitative estimate of drug-likeness (QED) is 0.169. The van der Waals surface area contributed by atoms with Crippen LogP contribution in [0, 0.1) is 29.6 Å². The summed E-state index contributed by atoms with van der Waals surface area (Å²) in [5, 5.41) is 0. The van der Waals surface area contributed by atoms with E-state index in [-0.39, 0.29) is 0 Å². The van der Waals surface area contributed by atoms with Crippen LogP contribution in [0.4, 0.5) is 26.3 Å². The van der Waals surface area contributed by atoms with Gasteiger partial charge in [-0.2, -0.15) is 26.3 Å². The van der Waals surface area contributed by atoms with E-state index in [0.29, 0.717) is 36.5 Å². The minimum absolute atomic E-state index is 0.297. The lowest BCUT2D eigenvalue weighted by atomic mass is 9.69. The molecule has 0 aromatic rings. The van der Waals surface area contributed by atoms with Crippen molar-refractivity contribution in [3.8, 4) is 0 Å². The van der Waals surface area contributed by atoms with Gasteiger partial charge in [0.2, 0.25) is 0 Å². The Morgan fingerprint density at radius 3 is 2.08 bits per heavy atom. The SMILES string of the molecule is C=C(/C=C\C=C\C(=O)OC1CC2C3CCC(C3)C2CC1OC(=O)C1C=CC=C(C(F)(F)F)C1)C(F)(F)F. The maximum absolute atomic E-state index is 13.1. The second kappa shape index (κ2) is 10.5. The molecule has 3 saturated carbocycles. The van der Waals surface area contributed by atoms with Crippen LogP contribution < -0.4 is 0 Å². The minimum atomic E-state index is -4.58. The molecule has 4 aliphatic rings. The van der Waals surface area contributed by atoms with E-state index in [1.54, 1.807) is 0 Å². The molecule has 0 aromatic carbocycles. The van der Waals surface area contributed by atoms with Crippen LogP contribution in [-0.2, 0) is 19.1 Å². The van der Waals surface area contributed by atoms with Crippen molar-refractivity contribution < 1.29 is 45.4 Å². The van der Waals surface area contributed by atoms with Crippen molar-refractivity contribution in [1.82, 2.24) is 0 Å². The Bertz CT molecular complexity index is 1030. The lowest BCUT2D eigenvalue weighted by molar-refractivity contribution is -0.177. The standard InChI is InChI=1S/C27H28F6O4/c1-15(26(28,29)30)5-2-3-8-24(34)36-22-13-20-16-9-10-17(11-16)21(20)14-23(22)37-25(35)18-6-4-7-19(12-18)27(31,32)33/h2-8,16-18,20-23H,1,9-14H2/b5-2-,8-3+. The minimum Gasteiger partial charge on any atom is -0.458 e. The Hall–Kier alpha value is -2.78. The highest BCUT2D eigenvalue weighted by atomic mass is 19.4. The summed E-state index contributed by atoms with van der Waals surface area (Å²) in [5.74, 6) is -1.11. The monoisotopic (exact) mass is 530 g/mol. The summed E-state index contributed by atoms with van der Waals surface area (Å²) in [6.45, 7) is 2.90. The van der Waals surface area contributed by atoms with Crippen molar-refractivity contribution in [3.05, 3.63) is 60.3 Å². The zero-order valence-corrected chi connectivity index (χ0v) is 19.9. The van der Waals surface area contributed by atoms with Gasteiger partial charge in [0.15, 0.2) is 0 Å². The van der Waals surface area contributed by atoms with Gasteiger partial charge in [0.05, 0.1) is 5.92 Å². The van der Waals surface area contributed by atoms with Crippen LogP contribution in [0.5, 0.6) is 0 Å². The summed E-state index contributed by atoms with van der Waals surface area (Å²) >= 11 is 0. The fraction of sp³-hybridized carbons (Fsp3) is 0.556. The maximum atomic E-state index is 13.1. The van der Waals surface area contributed by atoms with Crippen molar-refractivity contribution in [3.63, 3.8) is 0 Å². The maximum Gasteiger partial charge on any atom is 0.415 e. The highest BCUT2D eigenvalue weighted by Crippen LogP contribution is 2.58. The molecule has 2 bridgehead atoms. The number of hydrogen-bond acceptors (Lipinski definition) is 4. The molecule has 0 amide bonds. The van der Waals surface area contributed by atoms with E-state index >= 15 is 0 Å². The van der Waals surface area contributed by atoms with Gasteiger partial charge in [-0.25, -0.2) is 4.79 Å². The molecule has 37 heavy (non-hydrogen) atoms. The van der Waals surface area contributed by atoms with Crippen LogP contribution in [0.2, 0.25) is 0 Å². The van der Waals surface area contributed by atoms with Gasteiger partial charge < -0.3 is 9.47 Å². The summed E-state index contributed by atoms with van der Waals surface area (Å²) in [7, 11) is 0. The van der Waals surface area contributed by atoms with E-state index in [2.05, 4.69) is 6.58 Å². The first kappa shape index (κ1) is 27.3. The van der Waals surface area contributed by atoms with Gasteiger partial charge in [-0.05, 0) is 62.2 Å². The molecule has 0 aliphatic heterocycles. The molecule has 202 valence electrons. The molecule has 7 unspecified atom stereocenters. The first-order valence-corrected chi connectivity index (χ1v) is 12.3. The van der Waals surface area contributed by atoms with Crippen molar-refractivity contribution in [2.45, 2.75) is 63.1 Å². The van der Waals surface area contributed by atoms with E-state index in [1.807, 2.05) is 0 Å². The molecule has 4 nitrogen and oxygen atoms in total. The van der Waals surface area contributed by atoms with Crippen LogP contribution in [0.25, 0.3) is 0 Å². The molecule has 0 aromatic heterocycles. The fourth-order valence-electron chi connectivity index (χ4n) is 6.23. The predicted molar refractivity (Wildman–Crippen MR) is 122 cm³/mol. The Kier molecular flexibility index (Phi) is 7.76. The average molecular weight is 531 g/mol. The normalized spacial score (nSPS) is 33.5. The summed E-state index contributed by atoms with van der Waals surface area (Å²) in [5.41, 5.74) is -1.89. The van der Waals surface area contributed by atoms with E-state index in [1.165, 1.54) is 12.2 Å². The number of ether oxygens (including phenoxy) is 2. The van der Waals surface area contributed by atoms with Crippen LogP contribution >= 0.6 is 0 Å². The summed E-state index contributed by atoms with van der Waals surface area (Å²) in [6.07, 6.45) is 0.212. The predicted octanol–water partition coefficient (Wildman–Crippen LogP) is 6.56. The zero-order chi connectivity index (χ0) is 27.0. The molecular weight excluding hydrogens is 502 g/mol. The van der Waals surface area contributed by atoms with Gasteiger partial charge in [-0.1, -0.05) is 43.0 Å². The largest absolute Gasteiger partial charge is 0.458 e. The molecule has 0 saturated heterocycles. The summed E-state index contributed by atoms with van der Waals surface area (Å²) in [6, 6.07) is 0. The Labute approximate surface area is 210 Å². The van der Waals surface area contributed by atoms with Gasteiger partial charge in [-0.3, -0.25) is 4.79 Å². The first-order chi connectivity index (χ1) is 17.3. The highest BCUT2D eigenvalue weighted by Gasteiger charge is 2.53. The Morgan fingerprint density at radius 1 is 0.892 bits per heavy atom. The molecule has 0 N–H and O–H groups in total. The molecular formula is C27H28F6O4. The lowest BCUT2D eigenvalue weighted by Gasteiger charge is -2.42. The number of allylic oxidation sites excluding steroid dienone is 7.